The monoisotopic (exact) mass is 430 g/mol. The summed E-state index contributed by atoms with van der Waals surface area (Å²) in [6.45, 7) is 1.08. The number of hydrogen-bond acceptors (Lipinski definition) is 8. The largest absolute Gasteiger partial charge is 0.465 e. The molecule has 0 aliphatic carbocycles. The fraction of sp³-hybridized carbons (Fsp3) is 0.400. The Bertz CT molecular complexity index is 1100. The number of rotatable bonds is 7. The molecule has 2 rings (SSSR count). The second kappa shape index (κ2) is 8.58. The molecule has 0 radical (unpaired) electrons. The second-order valence-electron chi connectivity index (χ2n) is 5.71. The van der Waals surface area contributed by atoms with E-state index in [9.17, 15) is 28.1 Å². The number of ether oxygens (including phenoxy) is 1. The summed E-state index contributed by atoms with van der Waals surface area (Å²) in [4.78, 5) is 38.5. The summed E-state index contributed by atoms with van der Waals surface area (Å²) in [7, 11) is -2.33. The van der Waals surface area contributed by atoms with Gasteiger partial charge in [-0.25, -0.2) is 8.42 Å². The minimum Gasteiger partial charge on any atom is -0.465 e. The molecule has 0 N–H and O–H groups in total. The van der Waals surface area contributed by atoms with Crippen LogP contribution in [-0.2, 0) is 30.9 Å². The molecule has 0 bridgehead atoms. The number of benzene rings is 1. The van der Waals surface area contributed by atoms with Gasteiger partial charge in [0.2, 0.25) is 10.0 Å². The number of nitrogens with zero attached hydrogens (tertiary/aromatic N) is 4. The Morgan fingerprint density at radius 2 is 2.07 bits per heavy atom. The summed E-state index contributed by atoms with van der Waals surface area (Å²) in [5, 5.41) is 11.0. The predicted molar refractivity (Wildman–Crippen MR) is 101 cm³/mol. The summed E-state index contributed by atoms with van der Waals surface area (Å²) in [6, 6.07) is 4.04. The molecule has 1 amide bonds. The third kappa shape index (κ3) is 5.21. The van der Waals surface area contributed by atoms with E-state index in [4.69, 9.17) is 4.74 Å². The first kappa shape index (κ1) is 21.7. The number of non-ortho nitro benzene ring substituents is 1. The molecule has 0 saturated heterocycles. The van der Waals surface area contributed by atoms with E-state index >= 15 is 0 Å². The number of thiazole rings is 1. The standard InChI is InChI=1S/C15H18N4O7S2/c1-4-26-14(21)9-18-11-6-5-10(19(22)23)7-12(11)27-15(18)16-13(20)8-17(2)28(3,24)25/h5-7H,4,8-9H2,1-3H3. The van der Waals surface area contributed by atoms with E-state index in [0.717, 1.165) is 21.9 Å². The molecule has 2 aromatic rings. The minimum atomic E-state index is -3.57. The van der Waals surface area contributed by atoms with Gasteiger partial charge >= 0.3 is 5.97 Å². The van der Waals surface area contributed by atoms with E-state index in [1.54, 1.807) is 6.92 Å². The molecule has 28 heavy (non-hydrogen) atoms. The Labute approximate surface area is 164 Å². The van der Waals surface area contributed by atoms with Crippen LogP contribution in [0.25, 0.3) is 10.2 Å². The van der Waals surface area contributed by atoms with Crippen molar-refractivity contribution < 1.29 is 27.7 Å². The quantitative estimate of drug-likeness (QED) is 0.353. The molecule has 0 spiro atoms. The van der Waals surface area contributed by atoms with E-state index < -0.39 is 33.4 Å². The van der Waals surface area contributed by atoms with Crippen LogP contribution in [0, 0.1) is 10.1 Å². The van der Waals surface area contributed by atoms with Crippen LogP contribution in [0.3, 0.4) is 0 Å². The molecule has 1 aromatic heterocycles. The molecular formula is C15H18N4O7S2. The van der Waals surface area contributed by atoms with Gasteiger partial charge in [0.25, 0.3) is 11.6 Å². The average molecular weight is 430 g/mol. The van der Waals surface area contributed by atoms with Gasteiger partial charge in [-0.3, -0.25) is 19.7 Å². The molecule has 11 nitrogen and oxygen atoms in total. The van der Waals surface area contributed by atoms with Gasteiger partial charge in [0, 0.05) is 19.2 Å². The zero-order chi connectivity index (χ0) is 21.1. The van der Waals surface area contributed by atoms with E-state index in [2.05, 4.69) is 4.99 Å². The Hall–Kier alpha value is -2.64. The number of sulfonamides is 1. The number of hydrogen-bond donors (Lipinski definition) is 0. The van der Waals surface area contributed by atoms with Crippen molar-refractivity contribution in [3.63, 3.8) is 0 Å². The van der Waals surface area contributed by atoms with Gasteiger partial charge in [-0.05, 0) is 13.0 Å². The predicted octanol–water partition coefficient (Wildman–Crippen LogP) is 0.493. The highest BCUT2D eigenvalue weighted by molar-refractivity contribution is 7.88. The molecular weight excluding hydrogens is 412 g/mol. The lowest BCUT2D eigenvalue weighted by Gasteiger charge is -2.10. The van der Waals surface area contributed by atoms with Crippen molar-refractivity contribution >= 4 is 49.1 Å². The zero-order valence-corrected chi connectivity index (χ0v) is 16.9. The number of carbonyl (C=O) groups excluding carboxylic acids is 2. The number of nitro groups is 1. The molecule has 0 saturated carbocycles. The van der Waals surface area contributed by atoms with Gasteiger partial charge in [0.15, 0.2) is 4.80 Å². The van der Waals surface area contributed by atoms with Crippen molar-refractivity contribution in [1.29, 1.82) is 0 Å². The molecule has 0 unspecified atom stereocenters. The van der Waals surface area contributed by atoms with Crippen LogP contribution in [0.15, 0.2) is 23.2 Å². The molecule has 1 heterocycles. The van der Waals surface area contributed by atoms with E-state index in [1.165, 1.54) is 29.8 Å². The lowest BCUT2D eigenvalue weighted by molar-refractivity contribution is -0.384. The number of amides is 1. The fourth-order valence-electron chi connectivity index (χ4n) is 2.20. The van der Waals surface area contributed by atoms with Gasteiger partial charge in [0.1, 0.15) is 6.54 Å². The topological polar surface area (TPSA) is 141 Å². The number of likely N-dealkylation sites (N-methyl/N-ethyl adjacent to an activating group) is 1. The summed E-state index contributed by atoms with van der Waals surface area (Å²) in [5.41, 5.74) is 0.318. The molecule has 0 atom stereocenters. The highest BCUT2D eigenvalue weighted by atomic mass is 32.2. The minimum absolute atomic E-state index is 0.107. The van der Waals surface area contributed by atoms with Crippen LogP contribution >= 0.6 is 11.3 Å². The highest BCUT2D eigenvalue weighted by Gasteiger charge is 2.17. The Morgan fingerprint density at radius 3 is 2.64 bits per heavy atom. The number of fused-ring (bicyclic) bond motifs is 1. The summed E-state index contributed by atoms with van der Waals surface area (Å²) in [6.07, 6.45) is 0.958. The summed E-state index contributed by atoms with van der Waals surface area (Å²) < 4.78 is 30.5. The average Bonchev–Trinajstić information content (AvgIpc) is 2.90. The third-order valence-corrected chi connectivity index (χ3v) is 5.92. The molecule has 0 aliphatic heterocycles. The van der Waals surface area contributed by atoms with Gasteiger partial charge in [-0.1, -0.05) is 11.3 Å². The maximum Gasteiger partial charge on any atom is 0.326 e. The van der Waals surface area contributed by atoms with Crippen molar-refractivity contribution in [2.45, 2.75) is 13.5 Å². The maximum absolute atomic E-state index is 12.2. The lowest BCUT2D eigenvalue weighted by atomic mass is 10.3. The summed E-state index contributed by atoms with van der Waals surface area (Å²) >= 11 is 0.974. The van der Waals surface area contributed by atoms with Crippen LogP contribution in [0.5, 0.6) is 0 Å². The van der Waals surface area contributed by atoms with Gasteiger partial charge < -0.3 is 9.30 Å². The van der Waals surface area contributed by atoms with Crippen molar-refractivity contribution in [1.82, 2.24) is 8.87 Å². The Kier molecular flexibility index (Phi) is 6.64. The van der Waals surface area contributed by atoms with Crippen LogP contribution < -0.4 is 4.80 Å². The molecule has 1 aromatic carbocycles. The molecule has 0 aliphatic rings. The normalized spacial score (nSPS) is 12.5. The zero-order valence-electron chi connectivity index (χ0n) is 15.3. The Morgan fingerprint density at radius 1 is 1.39 bits per heavy atom. The van der Waals surface area contributed by atoms with Crippen molar-refractivity contribution in [2.75, 3.05) is 26.5 Å². The van der Waals surface area contributed by atoms with Crippen molar-refractivity contribution in [2.24, 2.45) is 4.99 Å². The van der Waals surface area contributed by atoms with Gasteiger partial charge in [-0.2, -0.15) is 9.30 Å². The number of aromatic nitrogens is 1. The van der Waals surface area contributed by atoms with Gasteiger partial charge in [0.05, 0.1) is 34.5 Å². The van der Waals surface area contributed by atoms with Crippen LogP contribution in [0.1, 0.15) is 6.92 Å². The number of carbonyl (C=O) groups is 2. The van der Waals surface area contributed by atoms with E-state index in [1.807, 2.05) is 0 Å². The fourth-order valence-corrected chi connectivity index (χ4v) is 3.62. The van der Waals surface area contributed by atoms with Crippen LogP contribution in [-0.4, -0.2) is 60.5 Å². The maximum atomic E-state index is 12.2. The Balaban J connectivity index is 2.53. The first-order valence-electron chi connectivity index (χ1n) is 7.95. The SMILES string of the molecule is CCOC(=O)Cn1c(=NC(=O)CN(C)S(C)(=O)=O)sc2cc([N+](=O)[O-])ccc21. The number of nitro benzene ring substituents is 1. The summed E-state index contributed by atoms with van der Waals surface area (Å²) in [5.74, 6) is -1.31. The van der Waals surface area contributed by atoms with Crippen molar-refractivity contribution in [3.8, 4) is 0 Å². The smallest absolute Gasteiger partial charge is 0.326 e. The molecule has 152 valence electrons. The van der Waals surface area contributed by atoms with E-state index in [-0.39, 0.29) is 23.6 Å². The van der Waals surface area contributed by atoms with Gasteiger partial charge in [-0.15, -0.1) is 0 Å². The molecule has 0 fully saturated rings. The second-order valence-corrected chi connectivity index (χ2v) is 8.81. The lowest BCUT2D eigenvalue weighted by Crippen LogP contribution is -2.32. The van der Waals surface area contributed by atoms with Crippen LogP contribution in [0.2, 0.25) is 0 Å². The molecule has 13 heteroatoms. The first-order valence-corrected chi connectivity index (χ1v) is 10.6. The third-order valence-electron chi connectivity index (χ3n) is 3.61. The number of esters is 1. The first-order chi connectivity index (χ1) is 13.0. The highest BCUT2D eigenvalue weighted by Crippen LogP contribution is 2.23. The van der Waals surface area contributed by atoms with E-state index in [0.29, 0.717) is 10.2 Å². The van der Waals surface area contributed by atoms with Crippen LogP contribution in [0.4, 0.5) is 5.69 Å². The van der Waals surface area contributed by atoms with Crippen molar-refractivity contribution in [3.05, 3.63) is 33.1 Å².